The van der Waals surface area contributed by atoms with Crippen molar-refractivity contribution in [2.45, 2.75) is 45.3 Å². The zero-order valence-electron chi connectivity index (χ0n) is 10.2. The molecule has 7 heteroatoms. The van der Waals surface area contributed by atoms with Crippen LogP contribution < -0.4 is 5.73 Å². The molecular formula is C10H20NO5P. The van der Waals surface area contributed by atoms with Crippen molar-refractivity contribution in [1.82, 2.24) is 0 Å². The molecule has 0 saturated carbocycles. The lowest BCUT2D eigenvalue weighted by molar-refractivity contribution is -0.0329. The lowest BCUT2D eigenvalue weighted by Gasteiger charge is -2.22. The van der Waals surface area contributed by atoms with Crippen LogP contribution >= 0.6 is 7.60 Å². The maximum absolute atomic E-state index is 10.8. The molecule has 1 aliphatic heterocycles. The van der Waals surface area contributed by atoms with E-state index in [9.17, 15) is 4.57 Å². The number of nitrogens with two attached hydrogens (primary N) is 1. The van der Waals surface area contributed by atoms with Crippen molar-refractivity contribution in [1.29, 1.82) is 0 Å². The molecule has 0 aromatic rings. The summed E-state index contributed by atoms with van der Waals surface area (Å²) in [6.07, 6.45) is 0.0484. The van der Waals surface area contributed by atoms with Gasteiger partial charge in [-0.25, -0.2) is 0 Å². The third-order valence-corrected chi connectivity index (χ3v) is 3.13. The van der Waals surface area contributed by atoms with E-state index in [1.165, 1.54) is 6.08 Å². The zero-order chi connectivity index (χ0) is 13.2. The van der Waals surface area contributed by atoms with Gasteiger partial charge in [-0.2, -0.15) is 0 Å². The molecule has 4 N–H and O–H groups in total. The van der Waals surface area contributed by atoms with Gasteiger partial charge in [-0.3, -0.25) is 4.57 Å². The predicted molar refractivity (Wildman–Crippen MR) is 63.2 cm³/mol. The highest BCUT2D eigenvalue weighted by Gasteiger charge is 2.40. The predicted octanol–water partition coefficient (Wildman–Crippen LogP) is 0.791. The summed E-state index contributed by atoms with van der Waals surface area (Å²) in [4.78, 5) is 17.5. The summed E-state index contributed by atoms with van der Waals surface area (Å²) in [5.74, 6) is 0.808. The van der Waals surface area contributed by atoms with Crippen LogP contribution in [0.5, 0.6) is 0 Å². The van der Waals surface area contributed by atoms with E-state index in [2.05, 4.69) is 0 Å². The Morgan fingerprint density at radius 3 is 2.53 bits per heavy atom. The van der Waals surface area contributed by atoms with Gasteiger partial charge in [-0.1, -0.05) is 6.92 Å². The topological polar surface area (TPSA) is 102 Å². The van der Waals surface area contributed by atoms with Crippen LogP contribution in [0.25, 0.3) is 0 Å². The van der Waals surface area contributed by atoms with Crippen LogP contribution in [0, 0.1) is 5.92 Å². The third-order valence-electron chi connectivity index (χ3n) is 2.57. The normalized spacial score (nSPS) is 35.0. The van der Waals surface area contributed by atoms with Crippen LogP contribution in [0.3, 0.4) is 0 Å². The monoisotopic (exact) mass is 265 g/mol. The van der Waals surface area contributed by atoms with Gasteiger partial charge in [0.1, 0.15) is 12.3 Å². The molecule has 100 valence electrons. The quantitative estimate of drug-likeness (QED) is 0.649. The minimum Gasteiger partial charge on any atom is -0.372 e. The molecule has 0 amide bonds. The van der Waals surface area contributed by atoms with Crippen molar-refractivity contribution in [3.8, 4) is 0 Å². The Bertz CT molecular complexity index is 327. The van der Waals surface area contributed by atoms with Gasteiger partial charge in [-0.05, 0) is 19.9 Å². The van der Waals surface area contributed by atoms with Crippen molar-refractivity contribution in [2.24, 2.45) is 11.7 Å². The second-order valence-electron chi connectivity index (χ2n) is 4.50. The van der Waals surface area contributed by atoms with Gasteiger partial charge in [0.15, 0.2) is 0 Å². The van der Waals surface area contributed by atoms with Crippen molar-refractivity contribution < 1.29 is 23.8 Å². The van der Waals surface area contributed by atoms with Crippen molar-refractivity contribution >= 4 is 7.60 Å². The summed E-state index contributed by atoms with van der Waals surface area (Å²) in [6, 6.07) is 0. The van der Waals surface area contributed by atoms with Gasteiger partial charge in [0, 0.05) is 11.7 Å². The molecule has 1 saturated heterocycles. The molecule has 6 nitrogen and oxygen atoms in total. The van der Waals surface area contributed by atoms with E-state index in [1.54, 1.807) is 0 Å². The van der Waals surface area contributed by atoms with Gasteiger partial charge in [0.2, 0.25) is 0 Å². The average molecular weight is 265 g/mol. The Morgan fingerprint density at radius 2 is 2.06 bits per heavy atom. The van der Waals surface area contributed by atoms with Crippen LogP contribution in [0.2, 0.25) is 0 Å². The number of rotatable bonds is 4. The smallest absolute Gasteiger partial charge is 0.348 e. The highest BCUT2D eigenvalue weighted by Crippen LogP contribution is 2.38. The molecule has 1 aliphatic rings. The summed E-state index contributed by atoms with van der Waals surface area (Å²) in [5, 5.41) is 0. The van der Waals surface area contributed by atoms with E-state index in [-0.39, 0.29) is 18.1 Å². The molecule has 0 radical (unpaired) electrons. The molecule has 0 bridgehead atoms. The van der Waals surface area contributed by atoms with Gasteiger partial charge in [0.05, 0.1) is 12.2 Å². The molecule has 0 aliphatic carbocycles. The van der Waals surface area contributed by atoms with Gasteiger partial charge < -0.3 is 25.0 Å². The zero-order valence-corrected chi connectivity index (χ0v) is 11.1. The Labute approximate surface area is 101 Å². The number of hydrogen-bond donors (Lipinski definition) is 3. The van der Waals surface area contributed by atoms with Crippen LogP contribution in [-0.4, -0.2) is 34.3 Å². The van der Waals surface area contributed by atoms with Crippen molar-refractivity contribution in [3.05, 3.63) is 11.9 Å². The van der Waals surface area contributed by atoms with Crippen molar-refractivity contribution in [3.63, 3.8) is 0 Å². The molecule has 4 atom stereocenters. The van der Waals surface area contributed by atoms with Crippen LogP contribution in [0.1, 0.15) is 20.8 Å². The fraction of sp³-hybridized carbons (Fsp3) is 0.800. The Hall–Kier alpha value is -0.230. The van der Waals surface area contributed by atoms with E-state index in [0.29, 0.717) is 0 Å². The Morgan fingerprint density at radius 1 is 1.47 bits per heavy atom. The molecule has 1 rings (SSSR count). The standard InChI is InChI=1S/C10H20NO5P/c1-6(2)15-9-7(3)10(11)16-8(9)4-5-17(12,13)14/h4-10H,11H2,1-3H3,(H2,12,13,14)/b5-4+/t7?,8-,9-,10-/m1/s1. The number of hydrogen-bond acceptors (Lipinski definition) is 4. The van der Waals surface area contributed by atoms with Gasteiger partial charge in [0.25, 0.3) is 0 Å². The van der Waals surface area contributed by atoms with Gasteiger partial charge >= 0.3 is 7.60 Å². The second-order valence-corrected chi connectivity index (χ2v) is 5.98. The maximum Gasteiger partial charge on any atom is 0.348 e. The molecule has 1 unspecified atom stereocenters. The molecule has 0 aromatic heterocycles. The SMILES string of the molecule is CC(C)O[C@@H]1C(C)[C@H](N)O[C@@H]1/C=C/P(=O)(O)O. The summed E-state index contributed by atoms with van der Waals surface area (Å²) >= 11 is 0. The van der Waals surface area contributed by atoms with Crippen molar-refractivity contribution in [2.75, 3.05) is 0 Å². The van der Waals surface area contributed by atoms with Crippen LogP contribution in [0.4, 0.5) is 0 Å². The Balaban J connectivity index is 2.76. The summed E-state index contributed by atoms with van der Waals surface area (Å²) in [7, 11) is -4.18. The van der Waals surface area contributed by atoms with E-state index < -0.39 is 19.9 Å². The van der Waals surface area contributed by atoms with E-state index in [0.717, 1.165) is 5.82 Å². The highest BCUT2D eigenvalue weighted by atomic mass is 31.2. The molecule has 17 heavy (non-hydrogen) atoms. The minimum atomic E-state index is -4.18. The molecule has 1 heterocycles. The van der Waals surface area contributed by atoms with Crippen LogP contribution in [-0.2, 0) is 14.0 Å². The van der Waals surface area contributed by atoms with Crippen LogP contribution in [0.15, 0.2) is 11.9 Å². The first-order valence-electron chi connectivity index (χ1n) is 5.52. The summed E-state index contributed by atoms with van der Waals surface area (Å²) in [6.45, 7) is 5.67. The van der Waals surface area contributed by atoms with Gasteiger partial charge in [-0.15, -0.1) is 0 Å². The summed E-state index contributed by atoms with van der Waals surface area (Å²) < 4.78 is 21.8. The number of ether oxygens (including phenoxy) is 2. The fourth-order valence-corrected chi connectivity index (χ4v) is 2.13. The fourth-order valence-electron chi connectivity index (χ4n) is 1.74. The average Bonchev–Trinajstić information content (AvgIpc) is 2.41. The summed E-state index contributed by atoms with van der Waals surface area (Å²) in [5.41, 5.74) is 5.74. The minimum absolute atomic E-state index is 0.00214. The first kappa shape index (κ1) is 14.8. The largest absolute Gasteiger partial charge is 0.372 e. The highest BCUT2D eigenvalue weighted by molar-refractivity contribution is 7.55. The Kier molecular flexibility index (Phi) is 4.89. The maximum atomic E-state index is 10.8. The lowest BCUT2D eigenvalue weighted by atomic mass is 10.0. The molecule has 1 fully saturated rings. The lowest BCUT2D eigenvalue weighted by Crippen LogP contribution is -2.32. The first-order chi connectivity index (χ1) is 7.70. The van der Waals surface area contributed by atoms with E-state index in [4.69, 9.17) is 25.0 Å². The van der Waals surface area contributed by atoms with E-state index in [1.807, 2.05) is 20.8 Å². The van der Waals surface area contributed by atoms with E-state index >= 15 is 0 Å². The molecule has 0 spiro atoms. The first-order valence-corrected chi connectivity index (χ1v) is 7.20. The second kappa shape index (κ2) is 5.61. The third kappa shape index (κ3) is 4.50. The molecular weight excluding hydrogens is 245 g/mol. The molecule has 0 aromatic carbocycles.